The molecule has 0 aliphatic carbocycles. The average Bonchev–Trinajstić information content (AvgIpc) is 2.03. The number of likely N-dealkylation sites (N-methyl/N-ethyl adjacent to an activating group) is 1. The lowest BCUT2D eigenvalue weighted by Gasteiger charge is -2.11. The Morgan fingerprint density at radius 2 is 1.77 bits per heavy atom. The molecule has 0 heterocycles. The standard InChI is InChI=1S/C11H17NO/c1-8-4-9(2)6-10(5-8)11(13)7-12-3/h4-6,11-13H,7H2,1-3H3. The van der Waals surface area contributed by atoms with Gasteiger partial charge >= 0.3 is 0 Å². The highest BCUT2D eigenvalue weighted by atomic mass is 16.3. The van der Waals surface area contributed by atoms with Gasteiger partial charge in [-0.1, -0.05) is 29.3 Å². The maximum absolute atomic E-state index is 9.71. The number of hydrogen-bond donors (Lipinski definition) is 2. The Balaban J connectivity index is 2.87. The van der Waals surface area contributed by atoms with Crippen molar-refractivity contribution in [1.29, 1.82) is 0 Å². The van der Waals surface area contributed by atoms with Crippen molar-refractivity contribution in [2.24, 2.45) is 0 Å². The normalized spacial score (nSPS) is 12.9. The van der Waals surface area contributed by atoms with Gasteiger partial charge in [0.15, 0.2) is 0 Å². The van der Waals surface area contributed by atoms with E-state index in [1.54, 1.807) is 0 Å². The number of nitrogens with one attached hydrogen (secondary N) is 1. The van der Waals surface area contributed by atoms with Gasteiger partial charge in [0, 0.05) is 6.54 Å². The van der Waals surface area contributed by atoms with E-state index >= 15 is 0 Å². The Bertz CT molecular complexity index is 263. The summed E-state index contributed by atoms with van der Waals surface area (Å²) in [6.07, 6.45) is -0.399. The highest BCUT2D eigenvalue weighted by Crippen LogP contribution is 2.15. The molecule has 0 radical (unpaired) electrons. The molecule has 2 N–H and O–H groups in total. The third-order valence-electron chi connectivity index (χ3n) is 2.03. The van der Waals surface area contributed by atoms with Crippen LogP contribution in [0.15, 0.2) is 18.2 Å². The first-order valence-corrected chi connectivity index (χ1v) is 4.54. The SMILES string of the molecule is CNCC(O)c1cc(C)cc(C)c1. The van der Waals surface area contributed by atoms with Crippen LogP contribution < -0.4 is 5.32 Å². The molecular weight excluding hydrogens is 162 g/mol. The van der Waals surface area contributed by atoms with Crippen LogP contribution in [-0.4, -0.2) is 18.7 Å². The van der Waals surface area contributed by atoms with Crippen LogP contribution in [0.4, 0.5) is 0 Å². The summed E-state index contributed by atoms with van der Waals surface area (Å²) in [5, 5.41) is 12.7. The second-order valence-corrected chi connectivity index (χ2v) is 3.49. The van der Waals surface area contributed by atoms with Crippen molar-refractivity contribution in [3.63, 3.8) is 0 Å². The van der Waals surface area contributed by atoms with Crippen molar-refractivity contribution in [1.82, 2.24) is 5.32 Å². The van der Waals surface area contributed by atoms with Crippen LogP contribution >= 0.6 is 0 Å². The molecular formula is C11H17NO. The van der Waals surface area contributed by atoms with E-state index in [4.69, 9.17) is 0 Å². The minimum atomic E-state index is -0.399. The molecule has 2 heteroatoms. The fraction of sp³-hybridized carbons (Fsp3) is 0.455. The van der Waals surface area contributed by atoms with E-state index in [0.29, 0.717) is 6.54 Å². The molecule has 1 atom stereocenters. The fourth-order valence-corrected chi connectivity index (χ4v) is 1.51. The molecule has 1 rings (SSSR count). The Morgan fingerprint density at radius 3 is 2.23 bits per heavy atom. The zero-order valence-corrected chi connectivity index (χ0v) is 8.46. The summed E-state index contributed by atoms with van der Waals surface area (Å²) in [6, 6.07) is 6.15. The van der Waals surface area contributed by atoms with Crippen molar-refractivity contribution >= 4 is 0 Å². The monoisotopic (exact) mass is 179 g/mol. The van der Waals surface area contributed by atoms with Gasteiger partial charge < -0.3 is 10.4 Å². The minimum Gasteiger partial charge on any atom is -0.387 e. The van der Waals surface area contributed by atoms with Gasteiger partial charge in [0.1, 0.15) is 0 Å². The highest BCUT2D eigenvalue weighted by Gasteiger charge is 2.06. The Hall–Kier alpha value is -0.860. The molecule has 13 heavy (non-hydrogen) atoms. The number of aliphatic hydroxyl groups excluding tert-OH is 1. The molecule has 0 bridgehead atoms. The molecule has 0 aromatic heterocycles. The smallest absolute Gasteiger partial charge is 0.0914 e. The van der Waals surface area contributed by atoms with E-state index < -0.39 is 6.10 Å². The van der Waals surface area contributed by atoms with Gasteiger partial charge in [-0.2, -0.15) is 0 Å². The summed E-state index contributed by atoms with van der Waals surface area (Å²) < 4.78 is 0. The summed E-state index contributed by atoms with van der Waals surface area (Å²) in [7, 11) is 1.84. The predicted molar refractivity (Wildman–Crippen MR) is 54.8 cm³/mol. The van der Waals surface area contributed by atoms with E-state index in [9.17, 15) is 5.11 Å². The van der Waals surface area contributed by atoms with Gasteiger partial charge in [-0.3, -0.25) is 0 Å². The van der Waals surface area contributed by atoms with Crippen molar-refractivity contribution in [2.45, 2.75) is 20.0 Å². The third-order valence-corrected chi connectivity index (χ3v) is 2.03. The van der Waals surface area contributed by atoms with E-state index in [2.05, 4.69) is 11.4 Å². The predicted octanol–water partition coefficient (Wildman–Crippen LogP) is 1.56. The van der Waals surface area contributed by atoms with Crippen LogP contribution in [0.5, 0.6) is 0 Å². The number of aryl methyl sites for hydroxylation is 2. The molecule has 0 saturated heterocycles. The Labute approximate surface area is 79.6 Å². The van der Waals surface area contributed by atoms with Crippen molar-refractivity contribution in [3.8, 4) is 0 Å². The van der Waals surface area contributed by atoms with Crippen molar-refractivity contribution in [3.05, 3.63) is 34.9 Å². The van der Waals surface area contributed by atoms with Crippen molar-refractivity contribution in [2.75, 3.05) is 13.6 Å². The van der Waals surface area contributed by atoms with Crippen LogP contribution in [0, 0.1) is 13.8 Å². The number of aliphatic hydroxyl groups is 1. The van der Waals surface area contributed by atoms with Crippen LogP contribution in [0.2, 0.25) is 0 Å². The topological polar surface area (TPSA) is 32.3 Å². The summed E-state index contributed by atoms with van der Waals surface area (Å²) in [5.74, 6) is 0. The van der Waals surface area contributed by atoms with Gasteiger partial charge in [0.05, 0.1) is 6.10 Å². The van der Waals surface area contributed by atoms with Crippen LogP contribution in [-0.2, 0) is 0 Å². The van der Waals surface area contributed by atoms with Gasteiger partial charge in [0.2, 0.25) is 0 Å². The van der Waals surface area contributed by atoms with E-state index in [1.165, 1.54) is 11.1 Å². The molecule has 2 nitrogen and oxygen atoms in total. The maximum atomic E-state index is 9.71. The third kappa shape index (κ3) is 2.83. The molecule has 0 saturated carbocycles. The lowest BCUT2D eigenvalue weighted by Crippen LogP contribution is -2.16. The first kappa shape index (κ1) is 10.2. The maximum Gasteiger partial charge on any atom is 0.0914 e. The van der Waals surface area contributed by atoms with E-state index in [1.807, 2.05) is 33.0 Å². The molecule has 0 spiro atoms. The first-order chi connectivity index (χ1) is 6.13. The average molecular weight is 179 g/mol. The Morgan fingerprint density at radius 1 is 1.23 bits per heavy atom. The molecule has 0 amide bonds. The fourth-order valence-electron chi connectivity index (χ4n) is 1.51. The Kier molecular flexibility index (Phi) is 3.46. The van der Waals surface area contributed by atoms with Crippen LogP contribution in [0.3, 0.4) is 0 Å². The molecule has 1 unspecified atom stereocenters. The molecule has 1 aromatic carbocycles. The van der Waals surface area contributed by atoms with E-state index in [-0.39, 0.29) is 0 Å². The highest BCUT2D eigenvalue weighted by molar-refractivity contribution is 5.30. The molecule has 0 aliphatic heterocycles. The molecule has 0 fully saturated rings. The quantitative estimate of drug-likeness (QED) is 0.738. The second-order valence-electron chi connectivity index (χ2n) is 3.49. The summed E-state index contributed by atoms with van der Waals surface area (Å²) >= 11 is 0. The number of hydrogen-bond acceptors (Lipinski definition) is 2. The minimum absolute atomic E-state index is 0.399. The number of rotatable bonds is 3. The second kappa shape index (κ2) is 4.40. The first-order valence-electron chi connectivity index (χ1n) is 4.54. The number of benzene rings is 1. The lowest BCUT2D eigenvalue weighted by molar-refractivity contribution is 0.177. The summed E-state index contributed by atoms with van der Waals surface area (Å²) in [5.41, 5.74) is 3.39. The molecule has 1 aromatic rings. The van der Waals surface area contributed by atoms with Crippen LogP contribution in [0.25, 0.3) is 0 Å². The molecule has 0 aliphatic rings. The summed E-state index contributed by atoms with van der Waals surface area (Å²) in [4.78, 5) is 0. The summed E-state index contributed by atoms with van der Waals surface area (Å²) in [6.45, 7) is 4.69. The van der Waals surface area contributed by atoms with Gasteiger partial charge in [-0.15, -0.1) is 0 Å². The van der Waals surface area contributed by atoms with Gasteiger partial charge in [0.25, 0.3) is 0 Å². The van der Waals surface area contributed by atoms with Crippen LogP contribution in [0.1, 0.15) is 22.8 Å². The van der Waals surface area contributed by atoms with Gasteiger partial charge in [-0.05, 0) is 26.5 Å². The van der Waals surface area contributed by atoms with Crippen molar-refractivity contribution < 1.29 is 5.11 Å². The van der Waals surface area contributed by atoms with E-state index in [0.717, 1.165) is 5.56 Å². The lowest BCUT2D eigenvalue weighted by atomic mass is 10.0. The largest absolute Gasteiger partial charge is 0.387 e. The zero-order chi connectivity index (χ0) is 9.84. The van der Waals surface area contributed by atoms with Gasteiger partial charge in [-0.25, -0.2) is 0 Å². The molecule has 72 valence electrons. The zero-order valence-electron chi connectivity index (χ0n) is 8.46.